The second-order valence-corrected chi connectivity index (χ2v) is 8.00. The molecule has 1 atom stereocenters. The van der Waals surface area contributed by atoms with Crippen LogP contribution in [0.25, 0.3) is 0 Å². The molecule has 3 aromatic rings. The van der Waals surface area contributed by atoms with Crippen LogP contribution in [0.5, 0.6) is 5.75 Å². The lowest BCUT2D eigenvalue weighted by Crippen LogP contribution is -2.26. The third kappa shape index (κ3) is 3.77. The zero-order valence-electron chi connectivity index (χ0n) is 14.9. The van der Waals surface area contributed by atoms with Gasteiger partial charge in [-0.05, 0) is 63.5 Å². The van der Waals surface area contributed by atoms with Crippen molar-refractivity contribution >= 4 is 43.5 Å². The van der Waals surface area contributed by atoms with E-state index in [9.17, 15) is 4.79 Å². The number of amides is 1. The van der Waals surface area contributed by atoms with Gasteiger partial charge in [-0.15, -0.1) is 0 Å². The molecular weight excluding hydrogens is 488 g/mol. The van der Waals surface area contributed by atoms with Crippen LogP contribution in [0.4, 0.5) is 0 Å². The summed E-state index contributed by atoms with van der Waals surface area (Å²) in [6.45, 7) is 0. The first-order chi connectivity index (χ1) is 13.5. The van der Waals surface area contributed by atoms with Gasteiger partial charge in [-0.3, -0.25) is 4.79 Å². The van der Waals surface area contributed by atoms with Gasteiger partial charge in [-0.1, -0.05) is 40.2 Å². The van der Waals surface area contributed by atoms with E-state index in [-0.39, 0.29) is 17.7 Å². The van der Waals surface area contributed by atoms with Crippen molar-refractivity contribution in [3.05, 3.63) is 86.7 Å². The molecule has 0 spiro atoms. The number of hydrazone groups is 1. The van der Waals surface area contributed by atoms with Gasteiger partial charge in [0, 0.05) is 10.9 Å². The van der Waals surface area contributed by atoms with Crippen molar-refractivity contribution in [1.82, 2.24) is 5.01 Å². The van der Waals surface area contributed by atoms with Gasteiger partial charge >= 0.3 is 5.91 Å². The number of carbonyl (C=O) groups is 1. The van der Waals surface area contributed by atoms with Crippen LogP contribution >= 0.6 is 31.9 Å². The van der Waals surface area contributed by atoms with E-state index in [1.165, 1.54) is 5.01 Å². The molecular formula is C21H16Br2N2O3. The summed E-state index contributed by atoms with van der Waals surface area (Å²) >= 11 is 6.70. The minimum absolute atomic E-state index is 0.237. The van der Waals surface area contributed by atoms with Gasteiger partial charge in [-0.2, -0.15) is 5.10 Å². The van der Waals surface area contributed by atoms with Crippen LogP contribution in [0.1, 0.15) is 34.1 Å². The molecule has 0 radical (unpaired) electrons. The molecule has 0 bridgehead atoms. The summed E-state index contributed by atoms with van der Waals surface area (Å²) < 4.78 is 12.3. The van der Waals surface area contributed by atoms with E-state index in [0.29, 0.717) is 11.1 Å². The molecule has 1 unspecified atom stereocenters. The summed E-state index contributed by atoms with van der Waals surface area (Å²) in [6.07, 6.45) is 0.600. The third-order valence-corrected chi connectivity index (χ3v) is 5.51. The quantitative estimate of drug-likeness (QED) is 0.451. The van der Waals surface area contributed by atoms with Crippen LogP contribution in [-0.2, 0) is 0 Å². The minimum Gasteiger partial charge on any atom is -0.497 e. The van der Waals surface area contributed by atoms with Gasteiger partial charge in [0.05, 0.1) is 18.9 Å². The van der Waals surface area contributed by atoms with E-state index in [1.807, 2.05) is 48.5 Å². The molecule has 0 N–H and O–H groups in total. The number of benzene rings is 2. The summed E-state index contributed by atoms with van der Waals surface area (Å²) in [6, 6.07) is 18.7. The number of furan rings is 1. The summed E-state index contributed by atoms with van der Waals surface area (Å²) in [5.41, 5.74) is 2.78. The van der Waals surface area contributed by atoms with E-state index >= 15 is 0 Å². The predicted octanol–water partition coefficient (Wildman–Crippen LogP) is 5.80. The Morgan fingerprint density at radius 2 is 1.93 bits per heavy atom. The van der Waals surface area contributed by atoms with E-state index < -0.39 is 0 Å². The second-order valence-electron chi connectivity index (χ2n) is 6.30. The van der Waals surface area contributed by atoms with Gasteiger partial charge in [0.1, 0.15) is 5.75 Å². The summed E-state index contributed by atoms with van der Waals surface area (Å²) in [4.78, 5) is 13.1. The third-order valence-electron chi connectivity index (χ3n) is 4.56. The highest BCUT2D eigenvalue weighted by atomic mass is 79.9. The molecule has 5 nitrogen and oxygen atoms in total. The normalized spacial score (nSPS) is 16.2. The van der Waals surface area contributed by atoms with Crippen LogP contribution in [0, 0.1) is 0 Å². The van der Waals surface area contributed by atoms with Crippen LogP contribution in [0.15, 0.2) is 79.3 Å². The lowest BCUT2D eigenvalue weighted by Gasteiger charge is -2.21. The van der Waals surface area contributed by atoms with Crippen molar-refractivity contribution in [3.63, 3.8) is 0 Å². The predicted molar refractivity (Wildman–Crippen MR) is 114 cm³/mol. The van der Waals surface area contributed by atoms with Crippen LogP contribution in [-0.4, -0.2) is 23.7 Å². The molecule has 142 valence electrons. The fourth-order valence-corrected chi connectivity index (χ4v) is 3.74. The molecule has 1 aromatic heterocycles. The molecule has 0 aliphatic carbocycles. The molecule has 1 aliphatic rings. The molecule has 0 saturated carbocycles. The molecule has 28 heavy (non-hydrogen) atoms. The van der Waals surface area contributed by atoms with Crippen molar-refractivity contribution in [2.24, 2.45) is 5.10 Å². The first kappa shape index (κ1) is 19.0. The minimum atomic E-state index is -0.286. The van der Waals surface area contributed by atoms with Crippen LogP contribution in [0.3, 0.4) is 0 Å². The average molecular weight is 504 g/mol. The van der Waals surface area contributed by atoms with Gasteiger partial charge in [0.15, 0.2) is 10.4 Å². The molecule has 2 heterocycles. The highest BCUT2D eigenvalue weighted by molar-refractivity contribution is 9.10. The van der Waals surface area contributed by atoms with Gasteiger partial charge in [0.2, 0.25) is 0 Å². The number of hydrogen-bond donors (Lipinski definition) is 0. The Labute approximate surface area is 179 Å². The van der Waals surface area contributed by atoms with Crippen molar-refractivity contribution in [3.8, 4) is 5.75 Å². The summed E-state index contributed by atoms with van der Waals surface area (Å²) in [7, 11) is 1.63. The number of rotatable bonds is 4. The highest BCUT2D eigenvalue weighted by Crippen LogP contribution is 2.35. The average Bonchev–Trinajstić information content (AvgIpc) is 3.35. The lowest BCUT2D eigenvalue weighted by atomic mass is 9.98. The number of carbonyl (C=O) groups excluding carboxylic acids is 1. The Kier molecular flexibility index (Phi) is 5.37. The smallest absolute Gasteiger partial charge is 0.310 e. The van der Waals surface area contributed by atoms with Crippen molar-refractivity contribution < 1.29 is 13.9 Å². The van der Waals surface area contributed by atoms with E-state index in [1.54, 1.807) is 19.2 Å². The number of nitrogens with zero attached hydrogens (tertiary/aromatic N) is 2. The standard InChI is InChI=1S/C21H16Br2N2O3/c1-27-16-4-2-3-14(11-16)18-12-17(13-5-7-15(22)8-6-13)24-25(18)21(26)19-9-10-20(23)28-19/h2-11,18H,12H2,1H3. The highest BCUT2D eigenvalue weighted by Gasteiger charge is 2.35. The van der Waals surface area contributed by atoms with Gasteiger partial charge in [-0.25, -0.2) is 5.01 Å². The molecule has 0 saturated heterocycles. The van der Waals surface area contributed by atoms with Crippen LogP contribution < -0.4 is 4.74 Å². The molecule has 1 aliphatic heterocycles. The maximum Gasteiger partial charge on any atom is 0.310 e. The summed E-state index contributed by atoms with van der Waals surface area (Å²) in [5.74, 6) is 0.689. The topological polar surface area (TPSA) is 55.0 Å². The fraction of sp³-hybridized carbons (Fsp3) is 0.143. The second kappa shape index (κ2) is 7.93. The fourth-order valence-electron chi connectivity index (χ4n) is 3.16. The Bertz CT molecular complexity index is 1040. The number of ether oxygens (including phenoxy) is 1. The van der Waals surface area contributed by atoms with E-state index in [2.05, 4.69) is 37.0 Å². The monoisotopic (exact) mass is 502 g/mol. The number of halogens is 2. The number of methoxy groups -OCH3 is 1. The van der Waals surface area contributed by atoms with Crippen molar-refractivity contribution in [1.29, 1.82) is 0 Å². The zero-order valence-corrected chi connectivity index (χ0v) is 18.1. The Morgan fingerprint density at radius 1 is 1.14 bits per heavy atom. The zero-order chi connectivity index (χ0) is 19.7. The van der Waals surface area contributed by atoms with Crippen molar-refractivity contribution in [2.45, 2.75) is 12.5 Å². The Balaban J connectivity index is 1.73. The lowest BCUT2D eigenvalue weighted by molar-refractivity contribution is 0.0677. The molecule has 0 fully saturated rings. The maximum absolute atomic E-state index is 13.1. The molecule has 4 rings (SSSR count). The maximum atomic E-state index is 13.1. The van der Waals surface area contributed by atoms with Gasteiger partial charge in [0.25, 0.3) is 0 Å². The molecule has 7 heteroatoms. The number of hydrogen-bond acceptors (Lipinski definition) is 4. The molecule has 1 amide bonds. The van der Waals surface area contributed by atoms with Gasteiger partial charge < -0.3 is 9.15 Å². The Morgan fingerprint density at radius 3 is 2.61 bits per heavy atom. The van der Waals surface area contributed by atoms with Crippen molar-refractivity contribution in [2.75, 3.05) is 7.11 Å². The summed E-state index contributed by atoms with van der Waals surface area (Å²) in [5, 5.41) is 6.15. The first-order valence-corrected chi connectivity index (χ1v) is 10.2. The first-order valence-electron chi connectivity index (χ1n) is 8.61. The Hall–Kier alpha value is -2.38. The van der Waals surface area contributed by atoms with E-state index in [0.717, 1.165) is 27.1 Å². The van der Waals surface area contributed by atoms with Crippen LogP contribution in [0.2, 0.25) is 0 Å². The molecule has 2 aromatic carbocycles. The SMILES string of the molecule is COc1cccc(C2CC(c3ccc(Br)cc3)=NN2C(=O)c2ccc(Br)o2)c1. The largest absolute Gasteiger partial charge is 0.497 e. The van der Waals surface area contributed by atoms with E-state index in [4.69, 9.17) is 9.15 Å².